The summed E-state index contributed by atoms with van der Waals surface area (Å²) in [5.41, 5.74) is 3.96. The Morgan fingerprint density at radius 3 is 2.89 bits per heavy atom. The molecule has 4 heterocycles. The maximum absolute atomic E-state index is 6.41. The van der Waals surface area contributed by atoms with E-state index in [2.05, 4.69) is 30.5 Å². The average Bonchev–Trinajstić information content (AvgIpc) is 3.38. The van der Waals surface area contributed by atoms with E-state index >= 15 is 0 Å². The number of aromatic nitrogens is 6. The van der Waals surface area contributed by atoms with Crippen LogP contribution >= 0.6 is 22.9 Å². The van der Waals surface area contributed by atoms with Crippen LogP contribution in [-0.2, 0) is 20.1 Å². The lowest BCUT2D eigenvalue weighted by atomic mass is 10.2. The largest absolute Gasteiger partial charge is 0.361 e. The summed E-state index contributed by atoms with van der Waals surface area (Å²) in [6.45, 7) is 2.97. The highest BCUT2D eigenvalue weighted by molar-refractivity contribution is 7.13. The van der Waals surface area contributed by atoms with Crippen LogP contribution in [0.25, 0.3) is 22.1 Å². The van der Waals surface area contributed by atoms with Gasteiger partial charge in [-0.3, -0.25) is 14.6 Å². The molecule has 0 saturated carbocycles. The standard InChI is InChI=1S/C17H16ClN7OS/c1-10-5-13(24-26-10)15-12(16(18)25(2)23-15)7-20-6-11-9-27-17(22-11)14-8-19-3-4-21-14/h3-5,8-9,20H,6-7H2,1-2H3. The molecule has 0 unspecified atom stereocenters. The highest BCUT2D eigenvalue weighted by Gasteiger charge is 2.19. The highest BCUT2D eigenvalue weighted by Crippen LogP contribution is 2.28. The van der Waals surface area contributed by atoms with E-state index in [0.717, 1.165) is 27.7 Å². The average molecular weight is 402 g/mol. The van der Waals surface area contributed by atoms with Crippen molar-refractivity contribution < 1.29 is 4.52 Å². The molecule has 10 heteroatoms. The van der Waals surface area contributed by atoms with Crippen molar-refractivity contribution >= 4 is 22.9 Å². The Kier molecular flexibility index (Phi) is 4.97. The van der Waals surface area contributed by atoms with Gasteiger partial charge in [0.2, 0.25) is 0 Å². The van der Waals surface area contributed by atoms with Crippen LogP contribution in [0.3, 0.4) is 0 Å². The number of rotatable bonds is 6. The molecule has 8 nitrogen and oxygen atoms in total. The lowest BCUT2D eigenvalue weighted by Crippen LogP contribution is -2.13. The molecule has 0 fully saturated rings. The van der Waals surface area contributed by atoms with E-state index in [1.165, 1.54) is 0 Å². The third-order valence-electron chi connectivity index (χ3n) is 3.88. The van der Waals surface area contributed by atoms with E-state index in [9.17, 15) is 0 Å². The van der Waals surface area contributed by atoms with Crippen molar-refractivity contribution in [3.8, 4) is 22.1 Å². The second-order valence-electron chi connectivity index (χ2n) is 5.90. The van der Waals surface area contributed by atoms with Gasteiger partial charge in [-0.05, 0) is 6.92 Å². The third kappa shape index (κ3) is 3.75. The van der Waals surface area contributed by atoms with E-state index in [1.807, 2.05) is 18.4 Å². The van der Waals surface area contributed by atoms with Crippen LogP contribution in [0.1, 0.15) is 17.0 Å². The normalized spacial score (nSPS) is 11.2. The van der Waals surface area contributed by atoms with Crippen LogP contribution in [0.15, 0.2) is 34.6 Å². The fraction of sp³-hybridized carbons (Fsp3) is 0.235. The third-order valence-corrected chi connectivity index (χ3v) is 5.27. The molecule has 4 aromatic rings. The molecule has 0 spiro atoms. The second kappa shape index (κ2) is 7.55. The van der Waals surface area contributed by atoms with E-state index < -0.39 is 0 Å². The van der Waals surface area contributed by atoms with Crippen molar-refractivity contribution in [2.45, 2.75) is 20.0 Å². The van der Waals surface area contributed by atoms with Gasteiger partial charge in [0.15, 0.2) is 0 Å². The number of nitrogens with zero attached hydrogens (tertiary/aromatic N) is 6. The van der Waals surface area contributed by atoms with Gasteiger partial charge in [-0.15, -0.1) is 11.3 Å². The lowest BCUT2D eigenvalue weighted by molar-refractivity contribution is 0.399. The number of thiazole rings is 1. The smallest absolute Gasteiger partial charge is 0.143 e. The van der Waals surface area contributed by atoms with E-state index in [4.69, 9.17) is 16.1 Å². The summed E-state index contributed by atoms with van der Waals surface area (Å²) in [5, 5.41) is 15.3. The van der Waals surface area contributed by atoms with Crippen molar-refractivity contribution in [3.63, 3.8) is 0 Å². The van der Waals surface area contributed by atoms with E-state index in [1.54, 1.807) is 41.7 Å². The van der Waals surface area contributed by atoms with Crippen LogP contribution < -0.4 is 5.32 Å². The molecule has 27 heavy (non-hydrogen) atoms. The minimum atomic E-state index is 0.534. The Hall–Kier alpha value is -2.62. The van der Waals surface area contributed by atoms with E-state index in [-0.39, 0.29) is 0 Å². The predicted molar refractivity (Wildman–Crippen MR) is 102 cm³/mol. The molecule has 138 valence electrons. The van der Waals surface area contributed by atoms with E-state index in [0.29, 0.717) is 29.6 Å². The van der Waals surface area contributed by atoms with Gasteiger partial charge < -0.3 is 9.84 Å². The maximum Gasteiger partial charge on any atom is 0.143 e. The Morgan fingerprint density at radius 2 is 2.15 bits per heavy atom. The van der Waals surface area contributed by atoms with Crippen LogP contribution in [0.4, 0.5) is 0 Å². The van der Waals surface area contributed by atoms with Crippen molar-refractivity contribution in [2.75, 3.05) is 0 Å². The first-order chi connectivity index (χ1) is 13.1. The van der Waals surface area contributed by atoms with Gasteiger partial charge in [0, 0.05) is 49.5 Å². The summed E-state index contributed by atoms with van der Waals surface area (Å²) in [4.78, 5) is 12.9. The molecule has 0 aromatic carbocycles. The number of hydrogen-bond donors (Lipinski definition) is 1. The second-order valence-corrected chi connectivity index (χ2v) is 7.12. The Bertz CT molecular complexity index is 1060. The highest BCUT2D eigenvalue weighted by atomic mass is 35.5. The summed E-state index contributed by atoms with van der Waals surface area (Å²) < 4.78 is 6.79. The predicted octanol–water partition coefficient (Wildman–Crippen LogP) is 3.24. The summed E-state index contributed by atoms with van der Waals surface area (Å²) in [6.07, 6.45) is 5.01. The molecule has 0 saturated heterocycles. The van der Waals surface area contributed by atoms with Crippen molar-refractivity contribution in [2.24, 2.45) is 7.05 Å². The SMILES string of the molecule is Cc1cc(-c2nn(C)c(Cl)c2CNCc2csc(-c3cnccn3)n2)no1. The zero-order chi connectivity index (χ0) is 18.8. The first-order valence-electron chi connectivity index (χ1n) is 8.18. The molecule has 1 N–H and O–H groups in total. The minimum Gasteiger partial charge on any atom is -0.361 e. The van der Waals surface area contributed by atoms with Crippen molar-refractivity contribution in [1.29, 1.82) is 0 Å². The fourth-order valence-corrected chi connectivity index (χ4v) is 3.59. The zero-order valence-electron chi connectivity index (χ0n) is 14.7. The van der Waals surface area contributed by atoms with Crippen LogP contribution in [0.5, 0.6) is 0 Å². The molecule has 4 aromatic heterocycles. The maximum atomic E-state index is 6.41. The number of halogens is 1. The van der Waals surface area contributed by atoms with Gasteiger partial charge in [-0.25, -0.2) is 4.98 Å². The Morgan fingerprint density at radius 1 is 1.26 bits per heavy atom. The lowest BCUT2D eigenvalue weighted by Gasteiger charge is -2.03. The molecule has 0 amide bonds. The molecule has 0 aliphatic heterocycles. The summed E-state index contributed by atoms with van der Waals surface area (Å²) in [6, 6.07) is 1.84. The van der Waals surface area contributed by atoms with Gasteiger partial charge in [-0.1, -0.05) is 16.8 Å². The van der Waals surface area contributed by atoms with Gasteiger partial charge in [0.25, 0.3) is 0 Å². The van der Waals surface area contributed by atoms with Crippen molar-refractivity contribution in [3.05, 3.63) is 52.2 Å². The van der Waals surface area contributed by atoms with Crippen LogP contribution in [0.2, 0.25) is 5.15 Å². The van der Waals surface area contributed by atoms with Gasteiger partial charge in [0.05, 0.1) is 11.9 Å². The number of hydrogen-bond acceptors (Lipinski definition) is 8. The number of nitrogens with one attached hydrogen (secondary N) is 1. The summed E-state index contributed by atoms with van der Waals surface area (Å²) >= 11 is 7.95. The molecule has 0 atom stereocenters. The van der Waals surface area contributed by atoms with Crippen LogP contribution in [-0.4, -0.2) is 29.9 Å². The molecule has 0 bridgehead atoms. The zero-order valence-corrected chi connectivity index (χ0v) is 16.3. The van der Waals surface area contributed by atoms with Crippen LogP contribution in [0, 0.1) is 6.92 Å². The molecular weight excluding hydrogens is 386 g/mol. The number of aryl methyl sites for hydroxylation is 2. The summed E-state index contributed by atoms with van der Waals surface area (Å²) in [5.74, 6) is 0.727. The molecule has 0 radical (unpaired) electrons. The van der Waals surface area contributed by atoms with Crippen molar-refractivity contribution in [1.82, 2.24) is 35.2 Å². The molecule has 0 aliphatic rings. The minimum absolute atomic E-state index is 0.534. The van der Waals surface area contributed by atoms with Gasteiger partial charge in [-0.2, -0.15) is 5.10 Å². The first-order valence-corrected chi connectivity index (χ1v) is 9.44. The molecular formula is C17H16ClN7OS. The molecule has 0 aliphatic carbocycles. The Balaban J connectivity index is 1.46. The fourth-order valence-electron chi connectivity index (χ4n) is 2.62. The topological polar surface area (TPSA) is 94.6 Å². The summed E-state index contributed by atoms with van der Waals surface area (Å²) in [7, 11) is 1.80. The molecule has 4 rings (SSSR count). The monoisotopic (exact) mass is 401 g/mol. The van der Waals surface area contributed by atoms with Gasteiger partial charge >= 0.3 is 0 Å². The first kappa shape index (κ1) is 17.8. The Labute approximate surface area is 164 Å². The quantitative estimate of drug-likeness (QED) is 0.529. The van der Waals surface area contributed by atoms with Gasteiger partial charge in [0.1, 0.15) is 33.0 Å².